The summed E-state index contributed by atoms with van der Waals surface area (Å²) in [6.07, 6.45) is 18.4. The van der Waals surface area contributed by atoms with Gasteiger partial charge in [-0.3, -0.25) is 4.98 Å². The van der Waals surface area contributed by atoms with Gasteiger partial charge in [0.05, 0.1) is 28.3 Å². The van der Waals surface area contributed by atoms with Crippen LogP contribution in [-0.4, -0.2) is 4.98 Å². The molecule has 4 heteroatoms. The molecule has 41 heavy (non-hydrogen) atoms. The first-order valence-electron chi connectivity index (χ1n) is 15.2. The van der Waals surface area contributed by atoms with Crippen LogP contribution in [0.25, 0.3) is 38.8 Å². The van der Waals surface area contributed by atoms with Crippen molar-refractivity contribution in [3.05, 3.63) is 107 Å². The second-order valence-electron chi connectivity index (χ2n) is 13.1. The molecule has 0 saturated carbocycles. The number of thiophene rings is 1. The first-order chi connectivity index (χ1) is 20.0. The number of aryl methyl sites for hydroxylation is 2. The van der Waals surface area contributed by atoms with Crippen LogP contribution >= 0.6 is 11.3 Å². The second-order valence-corrected chi connectivity index (χ2v) is 14.2. The van der Waals surface area contributed by atoms with Crippen LogP contribution in [0.5, 0.6) is 0 Å². The van der Waals surface area contributed by atoms with Crippen molar-refractivity contribution in [2.45, 2.75) is 76.7 Å². The fourth-order valence-electron chi connectivity index (χ4n) is 7.45. The lowest BCUT2D eigenvalue weighted by atomic mass is 9.78. The topological polar surface area (TPSA) is 20.6 Å². The first kappa shape index (κ1) is 25.1. The Morgan fingerprint density at radius 2 is 1.78 bits per heavy atom. The van der Waals surface area contributed by atoms with Crippen LogP contribution in [0.1, 0.15) is 79.3 Å². The maximum absolute atomic E-state index is 5.37. The van der Waals surface area contributed by atoms with Crippen LogP contribution in [0.15, 0.2) is 79.3 Å². The molecular formula is C37H37N3S+2. The summed E-state index contributed by atoms with van der Waals surface area (Å²) in [6.45, 7) is 6.95. The molecule has 1 aliphatic carbocycles. The van der Waals surface area contributed by atoms with Gasteiger partial charge < -0.3 is 0 Å². The molecule has 5 aromatic rings. The summed E-state index contributed by atoms with van der Waals surface area (Å²) in [5.41, 5.74) is 11.0. The molecule has 2 atom stereocenters. The molecule has 2 aliphatic heterocycles. The van der Waals surface area contributed by atoms with E-state index in [2.05, 4.69) is 115 Å². The highest BCUT2D eigenvalue weighted by atomic mass is 32.1. The summed E-state index contributed by atoms with van der Waals surface area (Å²) in [5.74, 6) is 0.375. The van der Waals surface area contributed by atoms with Gasteiger partial charge in [-0.15, -0.1) is 11.3 Å². The van der Waals surface area contributed by atoms with Crippen LogP contribution in [-0.2, 0) is 24.7 Å². The van der Waals surface area contributed by atoms with Crippen molar-refractivity contribution >= 4 is 27.6 Å². The highest BCUT2D eigenvalue weighted by Gasteiger charge is 2.41. The highest BCUT2D eigenvalue weighted by Crippen LogP contribution is 2.46. The monoisotopic (exact) mass is 555 g/mol. The van der Waals surface area contributed by atoms with Gasteiger partial charge in [-0.25, -0.2) is 0 Å². The number of hydrogen-bond acceptors (Lipinski definition) is 2. The van der Waals surface area contributed by atoms with Gasteiger partial charge in [0.25, 0.3) is 0 Å². The van der Waals surface area contributed by atoms with Crippen LogP contribution in [0, 0.1) is 0 Å². The molecule has 0 N–H and O–H groups in total. The average Bonchev–Trinajstić information content (AvgIpc) is 3.37. The third-order valence-corrected chi connectivity index (χ3v) is 10.9. The maximum Gasteiger partial charge on any atom is 0.221 e. The fourth-order valence-corrected chi connectivity index (χ4v) is 8.89. The number of rotatable bonds is 0. The lowest BCUT2D eigenvalue weighted by molar-refractivity contribution is -0.718. The zero-order valence-electron chi connectivity index (χ0n) is 24.2. The maximum atomic E-state index is 5.37. The van der Waals surface area contributed by atoms with E-state index < -0.39 is 0 Å². The highest BCUT2D eigenvalue weighted by molar-refractivity contribution is 7.19. The number of nitrogens with zero attached hydrogens (tertiary/aromatic N) is 3. The van der Waals surface area contributed by atoms with Crippen LogP contribution in [0.3, 0.4) is 0 Å². The first-order valence-corrected chi connectivity index (χ1v) is 16.0. The zero-order valence-corrected chi connectivity index (χ0v) is 25.0. The van der Waals surface area contributed by atoms with Gasteiger partial charge >= 0.3 is 0 Å². The van der Waals surface area contributed by atoms with Crippen molar-refractivity contribution in [3.8, 4) is 22.5 Å². The smallest absolute Gasteiger partial charge is 0.221 e. The minimum atomic E-state index is 0.0672. The van der Waals surface area contributed by atoms with Gasteiger partial charge in [-0.05, 0) is 72.4 Å². The molecule has 0 spiro atoms. The van der Waals surface area contributed by atoms with Gasteiger partial charge in [0.15, 0.2) is 24.6 Å². The van der Waals surface area contributed by atoms with Crippen molar-refractivity contribution in [1.29, 1.82) is 0 Å². The molecule has 0 bridgehead atoms. The van der Waals surface area contributed by atoms with E-state index in [4.69, 9.17) is 4.98 Å². The number of benzene rings is 1. The molecule has 0 saturated heterocycles. The van der Waals surface area contributed by atoms with Crippen LogP contribution in [0.2, 0.25) is 0 Å². The van der Waals surface area contributed by atoms with E-state index >= 15 is 0 Å². The Labute approximate surface area is 246 Å². The number of aromatic nitrogens is 3. The van der Waals surface area contributed by atoms with E-state index in [0.29, 0.717) is 12.0 Å². The van der Waals surface area contributed by atoms with Crippen molar-refractivity contribution in [2.24, 2.45) is 0 Å². The fraction of sp³-hybridized carbons (Fsp3) is 0.324. The zero-order chi connectivity index (χ0) is 27.7. The molecule has 2 unspecified atom stereocenters. The average molecular weight is 556 g/mol. The van der Waals surface area contributed by atoms with E-state index in [0.717, 1.165) is 12.8 Å². The van der Waals surface area contributed by atoms with Crippen LogP contribution in [0.4, 0.5) is 0 Å². The molecule has 4 aromatic heterocycles. The Hall–Kier alpha value is -3.63. The number of hydrogen-bond donors (Lipinski definition) is 0. The lowest BCUT2D eigenvalue weighted by Gasteiger charge is -2.30. The van der Waals surface area contributed by atoms with Crippen molar-refractivity contribution in [3.63, 3.8) is 0 Å². The molecule has 0 amide bonds. The lowest BCUT2D eigenvalue weighted by Crippen LogP contribution is -2.48. The second kappa shape index (κ2) is 9.46. The minimum Gasteiger partial charge on any atom is -0.259 e. The summed E-state index contributed by atoms with van der Waals surface area (Å²) in [4.78, 5) is 6.95. The number of pyridine rings is 3. The number of fused-ring (bicyclic) bond motifs is 13. The normalized spacial score (nSPS) is 20.2. The van der Waals surface area contributed by atoms with Crippen molar-refractivity contribution in [2.75, 3.05) is 0 Å². The predicted octanol–water partition coefficient (Wildman–Crippen LogP) is 8.14. The third-order valence-electron chi connectivity index (χ3n) is 9.59. The van der Waals surface area contributed by atoms with Gasteiger partial charge in [-0.1, -0.05) is 39.0 Å². The molecule has 0 fully saturated rings. The molecule has 8 rings (SSSR count). The third kappa shape index (κ3) is 4.02. The Morgan fingerprint density at radius 3 is 2.68 bits per heavy atom. The molecule has 0 radical (unpaired) electrons. The molecule has 1 aromatic carbocycles. The molecular weight excluding hydrogens is 518 g/mol. The largest absolute Gasteiger partial charge is 0.259 e. The Bertz CT molecular complexity index is 1850. The molecule has 6 heterocycles. The van der Waals surface area contributed by atoms with E-state index in [1.54, 1.807) is 10.4 Å². The van der Waals surface area contributed by atoms with Crippen LogP contribution < -0.4 is 9.13 Å². The van der Waals surface area contributed by atoms with Crippen molar-refractivity contribution in [1.82, 2.24) is 4.98 Å². The van der Waals surface area contributed by atoms with Gasteiger partial charge in [0.1, 0.15) is 0 Å². The quantitative estimate of drug-likeness (QED) is 0.177. The summed E-state index contributed by atoms with van der Waals surface area (Å²) in [7, 11) is 0. The molecule has 3 nitrogen and oxygen atoms in total. The summed E-state index contributed by atoms with van der Waals surface area (Å²) in [5, 5.41) is 1.38. The van der Waals surface area contributed by atoms with Gasteiger partial charge in [0, 0.05) is 46.3 Å². The summed E-state index contributed by atoms with van der Waals surface area (Å²) >= 11 is 2.04. The van der Waals surface area contributed by atoms with Crippen molar-refractivity contribution < 1.29 is 9.13 Å². The summed E-state index contributed by atoms with van der Waals surface area (Å²) < 4.78 is 6.34. The standard InChI is InChI=1S/C37H37N3S/c1-37(2,3)24-17-20-39-18-10-14-27-25-11-4-5-12-26(25)31-15-8-9-19-40(31)32(27)22-30-35(33(39)21-24)36-29(23-38-30)28-13-6-7-16-34(28)41-36/h4-5,8-12,15,17-21,23,27,32H,6-7,13-14,16,22H2,1-3H3/q+2/b18-10+. The molecule has 3 aliphatic rings. The predicted molar refractivity (Wildman–Crippen MR) is 168 cm³/mol. The van der Waals surface area contributed by atoms with E-state index in [1.165, 1.54) is 75.1 Å². The number of allylic oxidation sites excluding steroid dienone is 1. The Morgan fingerprint density at radius 1 is 0.927 bits per heavy atom. The summed E-state index contributed by atoms with van der Waals surface area (Å²) in [6, 6.07) is 20.7. The van der Waals surface area contributed by atoms with E-state index in [-0.39, 0.29) is 5.41 Å². The van der Waals surface area contributed by atoms with E-state index in [9.17, 15) is 0 Å². The van der Waals surface area contributed by atoms with E-state index in [1.807, 2.05) is 11.3 Å². The SMILES string of the molecule is CC(C)(C)c1cc[n+]2c(c1)-c1c(ncc3c4c(sc13)CCCC4)CC1C(C/C=C/2)c2ccccc2-c2cccc[n+]21. The Kier molecular flexibility index (Phi) is 5.79. The minimum absolute atomic E-state index is 0.0672. The molecule has 204 valence electrons. The Balaban J connectivity index is 1.42. The van der Waals surface area contributed by atoms with Gasteiger partial charge in [0.2, 0.25) is 11.4 Å². The van der Waals surface area contributed by atoms with Gasteiger partial charge in [-0.2, -0.15) is 9.13 Å².